The Kier molecular flexibility index (Phi) is 4.71. The zero-order valence-electron chi connectivity index (χ0n) is 13.2. The Morgan fingerprint density at radius 1 is 1.38 bits per heavy atom. The van der Waals surface area contributed by atoms with Gasteiger partial charge in [0, 0.05) is 20.0 Å². The average Bonchev–Trinajstić information content (AvgIpc) is 2.80. The van der Waals surface area contributed by atoms with Crippen LogP contribution in [0.3, 0.4) is 0 Å². The Morgan fingerprint density at radius 3 is 2.71 bits per heavy atom. The molecule has 2 aliphatic rings. The molecule has 2 aliphatic heterocycles. The summed E-state index contributed by atoms with van der Waals surface area (Å²) in [5.74, 6) is 0.290. The van der Waals surface area contributed by atoms with Crippen LogP contribution in [0.1, 0.15) is 40.0 Å². The summed E-state index contributed by atoms with van der Waals surface area (Å²) < 4.78 is 0. The fourth-order valence-corrected chi connectivity index (χ4v) is 3.54. The molecule has 0 spiro atoms. The molecule has 2 amide bonds. The minimum atomic E-state index is -0.923. The van der Waals surface area contributed by atoms with Crippen LogP contribution >= 0.6 is 0 Å². The molecule has 5 nitrogen and oxygen atoms in total. The molecule has 2 heterocycles. The third kappa shape index (κ3) is 3.46. The number of hydrogen-bond donors (Lipinski definition) is 1. The highest BCUT2D eigenvalue weighted by molar-refractivity contribution is 5.87. The van der Waals surface area contributed by atoms with Crippen LogP contribution in [0.25, 0.3) is 0 Å². The molecule has 118 valence electrons. The summed E-state index contributed by atoms with van der Waals surface area (Å²) in [7, 11) is 0. The van der Waals surface area contributed by atoms with Crippen LogP contribution in [0.2, 0.25) is 0 Å². The zero-order chi connectivity index (χ0) is 15.6. The molecule has 5 heteroatoms. The molecule has 3 atom stereocenters. The first-order valence-electron chi connectivity index (χ1n) is 7.78. The van der Waals surface area contributed by atoms with Gasteiger partial charge in [0.05, 0.1) is 6.54 Å². The van der Waals surface area contributed by atoms with E-state index in [9.17, 15) is 14.7 Å². The number of piperidine rings is 1. The summed E-state index contributed by atoms with van der Waals surface area (Å²) in [6.45, 7) is 7.09. The molecule has 0 saturated carbocycles. The Morgan fingerprint density at radius 2 is 2.10 bits per heavy atom. The van der Waals surface area contributed by atoms with E-state index in [1.165, 1.54) is 6.92 Å². The van der Waals surface area contributed by atoms with Crippen molar-refractivity contribution in [1.29, 1.82) is 0 Å². The Labute approximate surface area is 126 Å². The number of carbonyl (C=O) groups excluding carboxylic acids is 2. The molecular formula is C16H26N2O3. The van der Waals surface area contributed by atoms with Crippen molar-refractivity contribution in [1.82, 2.24) is 9.80 Å². The van der Waals surface area contributed by atoms with Crippen molar-refractivity contribution in [2.45, 2.75) is 51.7 Å². The summed E-state index contributed by atoms with van der Waals surface area (Å²) >= 11 is 0. The molecule has 1 N–H and O–H groups in total. The highest BCUT2D eigenvalue weighted by atomic mass is 16.3. The maximum atomic E-state index is 12.7. The second-order valence-corrected chi connectivity index (χ2v) is 6.49. The molecule has 0 aromatic carbocycles. The van der Waals surface area contributed by atoms with Crippen LogP contribution in [0.15, 0.2) is 12.2 Å². The van der Waals surface area contributed by atoms with Crippen LogP contribution in [0, 0.1) is 5.92 Å². The van der Waals surface area contributed by atoms with Gasteiger partial charge in [-0.05, 0) is 32.1 Å². The number of aliphatic hydroxyl groups is 1. The first kappa shape index (κ1) is 16.0. The van der Waals surface area contributed by atoms with Gasteiger partial charge in [-0.1, -0.05) is 19.1 Å². The Balaban J connectivity index is 2.10. The summed E-state index contributed by atoms with van der Waals surface area (Å²) in [6.07, 6.45) is 5.78. The van der Waals surface area contributed by atoms with E-state index in [4.69, 9.17) is 0 Å². The number of carbonyl (C=O) groups is 2. The number of hydrogen-bond acceptors (Lipinski definition) is 3. The molecular weight excluding hydrogens is 268 g/mol. The van der Waals surface area contributed by atoms with Gasteiger partial charge in [-0.2, -0.15) is 0 Å². The molecule has 2 rings (SSSR count). The summed E-state index contributed by atoms with van der Waals surface area (Å²) in [5.41, 5.74) is -0.923. The van der Waals surface area contributed by atoms with Gasteiger partial charge in [0.1, 0.15) is 11.6 Å². The minimum Gasteiger partial charge on any atom is -0.384 e. The third-order valence-corrected chi connectivity index (χ3v) is 4.49. The van der Waals surface area contributed by atoms with Crippen LogP contribution in [-0.2, 0) is 9.59 Å². The SMILES string of the molecule is C/C=C\C1(O)CCCN(C(=O)C2CC(C)CN2C(C)=O)C1. The predicted molar refractivity (Wildman–Crippen MR) is 80.5 cm³/mol. The lowest BCUT2D eigenvalue weighted by molar-refractivity contribution is -0.146. The average molecular weight is 294 g/mol. The Bertz CT molecular complexity index is 449. The smallest absolute Gasteiger partial charge is 0.245 e. The quantitative estimate of drug-likeness (QED) is 0.778. The topological polar surface area (TPSA) is 60.9 Å². The van der Waals surface area contributed by atoms with Crippen molar-refractivity contribution in [2.24, 2.45) is 5.92 Å². The van der Waals surface area contributed by atoms with Crippen molar-refractivity contribution in [3.8, 4) is 0 Å². The maximum Gasteiger partial charge on any atom is 0.245 e. The lowest BCUT2D eigenvalue weighted by Gasteiger charge is -2.39. The standard InChI is InChI=1S/C16H26N2O3/c1-4-6-16(21)7-5-8-17(11-16)15(20)14-9-12(2)10-18(14)13(3)19/h4,6,12,14,21H,5,7-11H2,1-3H3/b6-4-. The molecule has 3 unspecified atom stereocenters. The van der Waals surface area contributed by atoms with E-state index < -0.39 is 5.60 Å². The second kappa shape index (κ2) is 6.18. The number of β-amino-alcohol motifs (C(OH)–C–C–N with tert-alkyl or cyclic N) is 1. The van der Waals surface area contributed by atoms with Crippen molar-refractivity contribution < 1.29 is 14.7 Å². The molecule has 0 bridgehead atoms. The van der Waals surface area contributed by atoms with E-state index in [-0.39, 0.29) is 17.9 Å². The monoisotopic (exact) mass is 294 g/mol. The largest absolute Gasteiger partial charge is 0.384 e. The predicted octanol–water partition coefficient (Wildman–Crippen LogP) is 1.17. The first-order valence-corrected chi connectivity index (χ1v) is 7.78. The van der Waals surface area contributed by atoms with Crippen molar-refractivity contribution >= 4 is 11.8 Å². The van der Waals surface area contributed by atoms with Gasteiger partial charge in [-0.15, -0.1) is 0 Å². The van der Waals surface area contributed by atoms with E-state index in [2.05, 4.69) is 6.92 Å². The lowest BCUT2D eigenvalue weighted by Crippen LogP contribution is -2.54. The Hall–Kier alpha value is -1.36. The highest BCUT2D eigenvalue weighted by Crippen LogP contribution is 2.28. The lowest BCUT2D eigenvalue weighted by atomic mass is 9.91. The van der Waals surface area contributed by atoms with E-state index in [1.807, 2.05) is 13.0 Å². The normalized spacial score (nSPS) is 33.7. The van der Waals surface area contributed by atoms with Crippen molar-refractivity contribution in [3.63, 3.8) is 0 Å². The van der Waals surface area contributed by atoms with E-state index in [0.29, 0.717) is 32.0 Å². The molecule has 0 aromatic rings. The number of allylic oxidation sites excluding steroid dienone is 1. The van der Waals surface area contributed by atoms with Crippen molar-refractivity contribution in [2.75, 3.05) is 19.6 Å². The third-order valence-electron chi connectivity index (χ3n) is 4.49. The zero-order valence-corrected chi connectivity index (χ0v) is 13.2. The highest BCUT2D eigenvalue weighted by Gasteiger charge is 2.41. The number of likely N-dealkylation sites (tertiary alicyclic amines) is 2. The van der Waals surface area contributed by atoms with Crippen LogP contribution in [0.5, 0.6) is 0 Å². The van der Waals surface area contributed by atoms with Gasteiger partial charge in [-0.25, -0.2) is 0 Å². The number of rotatable bonds is 2. The van der Waals surface area contributed by atoms with Gasteiger partial charge in [0.15, 0.2) is 0 Å². The van der Waals surface area contributed by atoms with Gasteiger partial charge in [0.25, 0.3) is 0 Å². The van der Waals surface area contributed by atoms with Gasteiger partial charge >= 0.3 is 0 Å². The minimum absolute atomic E-state index is 0.0165. The van der Waals surface area contributed by atoms with Gasteiger partial charge in [-0.3, -0.25) is 9.59 Å². The molecule has 0 aromatic heterocycles. The van der Waals surface area contributed by atoms with Gasteiger partial charge < -0.3 is 14.9 Å². The summed E-state index contributed by atoms with van der Waals surface area (Å²) in [4.78, 5) is 27.9. The van der Waals surface area contributed by atoms with Crippen LogP contribution in [0.4, 0.5) is 0 Å². The van der Waals surface area contributed by atoms with E-state index in [0.717, 1.165) is 12.8 Å². The molecule has 0 aliphatic carbocycles. The number of amides is 2. The maximum absolute atomic E-state index is 12.7. The molecule has 21 heavy (non-hydrogen) atoms. The number of nitrogens with zero attached hydrogens (tertiary/aromatic N) is 2. The second-order valence-electron chi connectivity index (χ2n) is 6.49. The van der Waals surface area contributed by atoms with Crippen molar-refractivity contribution in [3.05, 3.63) is 12.2 Å². The fraction of sp³-hybridized carbons (Fsp3) is 0.750. The first-order chi connectivity index (χ1) is 9.86. The van der Waals surface area contributed by atoms with Gasteiger partial charge in [0.2, 0.25) is 11.8 Å². The summed E-state index contributed by atoms with van der Waals surface area (Å²) in [6, 6.07) is -0.356. The van der Waals surface area contributed by atoms with E-state index >= 15 is 0 Å². The molecule has 2 fully saturated rings. The van der Waals surface area contributed by atoms with Crippen LogP contribution < -0.4 is 0 Å². The molecule has 2 saturated heterocycles. The van der Waals surface area contributed by atoms with Crippen LogP contribution in [-0.4, -0.2) is 58.0 Å². The van der Waals surface area contributed by atoms with E-state index in [1.54, 1.807) is 15.9 Å². The molecule has 0 radical (unpaired) electrons. The summed E-state index contributed by atoms with van der Waals surface area (Å²) in [5, 5.41) is 10.5. The fourth-order valence-electron chi connectivity index (χ4n) is 3.54.